The maximum atomic E-state index is 5.71. The summed E-state index contributed by atoms with van der Waals surface area (Å²) in [6.45, 7) is 1.91. The first-order chi connectivity index (χ1) is 6.66. The molecule has 3 nitrogen and oxygen atoms in total. The van der Waals surface area contributed by atoms with E-state index >= 15 is 0 Å². The summed E-state index contributed by atoms with van der Waals surface area (Å²) in [7, 11) is 0. The van der Waals surface area contributed by atoms with E-state index in [4.69, 9.17) is 10.2 Å². The van der Waals surface area contributed by atoms with Crippen LogP contribution in [0.2, 0.25) is 0 Å². The summed E-state index contributed by atoms with van der Waals surface area (Å²) >= 11 is 4.79. The van der Waals surface area contributed by atoms with E-state index in [2.05, 4.69) is 20.9 Å². The number of nitrogens with two attached hydrogens (primary N) is 1. The molecule has 1 atom stereocenters. The molecule has 2 heterocycles. The second-order valence-electron chi connectivity index (χ2n) is 2.97. The number of halogens is 1. The minimum atomic E-state index is -0.0293. The predicted molar refractivity (Wildman–Crippen MR) is 60.1 cm³/mol. The van der Waals surface area contributed by atoms with Crippen molar-refractivity contribution >= 4 is 27.3 Å². The molecule has 0 saturated carbocycles. The van der Waals surface area contributed by atoms with Crippen LogP contribution in [0.1, 0.15) is 18.7 Å². The van der Waals surface area contributed by atoms with Crippen LogP contribution in [0, 0.1) is 0 Å². The number of thiazole rings is 1. The molecule has 0 aromatic carbocycles. The highest BCUT2D eigenvalue weighted by atomic mass is 79.9. The molecule has 14 heavy (non-hydrogen) atoms. The largest absolute Gasteiger partial charge is 0.447 e. The highest BCUT2D eigenvalue weighted by molar-refractivity contribution is 9.10. The molecule has 0 spiro atoms. The first-order valence-corrected chi connectivity index (χ1v) is 5.81. The van der Waals surface area contributed by atoms with Crippen molar-refractivity contribution in [2.45, 2.75) is 13.0 Å². The van der Waals surface area contributed by atoms with Crippen molar-refractivity contribution in [1.29, 1.82) is 0 Å². The molecular weight excluding hydrogens is 264 g/mol. The SMILES string of the molecule is CC(N)c1csc(-c2ccc(Br)o2)n1. The van der Waals surface area contributed by atoms with Gasteiger partial charge in [-0.2, -0.15) is 0 Å². The zero-order valence-corrected chi connectivity index (χ0v) is 9.93. The maximum absolute atomic E-state index is 5.71. The van der Waals surface area contributed by atoms with Gasteiger partial charge in [-0.3, -0.25) is 0 Å². The molecule has 74 valence electrons. The Morgan fingerprint density at radius 2 is 2.36 bits per heavy atom. The molecule has 0 aliphatic rings. The predicted octanol–water partition coefficient (Wildman–Crippen LogP) is 3.19. The lowest BCUT2D eigenvalue weighted by Gasteiger charge is -1.96. The molecule has 0 fully saturated rings. The highest BCUT2D eigenvalue weighted by Crippen LogP contribution is 2.28. The average molecular weight is 273 g/mol. The molecule has 0 amide bonds. The van der Waals surface area contributed by atoms with Gasteiger partial charge in [-0.1, -0.05) is 0 Å². The third-order valence-corrected chi connectivity index (χ3v) is 3.07. The topological polar surface area (TPSA) is 52.0 Å². The van der Waals surface area contributed by atoms with Gasteiger partial charge in [0.05, 0.1) is 5.69 Å². The van der Waals surface area contributed by atoms with Crippen LogP contribution in [-0.2, 0) is 0 Å². The monoisotopic (exact) mass is 272 g/mol. The minimum absolute atomic E-state index is 0.0293. The second-order valence-corrected chi connectivity index (χ2v) is 4.61. The van der Waals surface area contributed by atoms with Crippen molar-refractivity contribution in [3.63, 3.8) is 0 Å². The zero-order valence-electron chi connectivity index (χ0n) is 7.53. The van der Waals surface area contributed by atoms with Crippen LogP contribution in [0.5, 0.6) is 0 Å². The summed E-state index contributed by atoms with van der Waals surface area (Å²) < 4.78 is 6.10. The van der Waals surface area contributed by atoms with E-state index in [1.54, 1.807) is 0 Å². The fourth-order valence-corrected chi connectivity index (χ4v) is 2.23. The van der Waals surface area contributed by atoms with Gasteiger partial charge in [0.2, 0.25) is 0 Å². The van der Waals surface area contributed by atoms with Gasteiger partial charge in [-0.15, -0.1) is 11.3 Å². The van der Waals surface area contributed by atoms with E-state index in [0.717, 1.165) is 16.5 Å². The average Bonchev–Trinajstić information content (AvgIpc) is 2.70. The van der Waals surface area contributed by atoms with E-state index in [1.807, 2.05) is 24.4 Å². The van der Waals surface area contributed by atoms with E-state index < -0.39 is 0 Å². The van der Waals surface area contributed by atoms with Gasteiger partial charge in [0.1, 0.15) is 0 Å². The number of hydrogen-bond donors (Lipinski definition) is 1. The lowest BCUT2D eigenvalue weighted by Crippen LogP contribution is -2.04. The van der Waals surface area contributed by atoms with Crippen molar-refractivity contribution < 1.29 is 4.42 Å². The van der Waals surface area contributed by atoms with Crippen LogP contribution in [0.25, 0.3) is 10.8 Å². The molecular formula is C9H9BrN2OS. The summed E-state index contributed by atoms with van der Waals surface area (Å²) in [4.78, 5) is 4.37. The van der Waals surface area contributed by atoms with E-state index in [1.165, 1.54) is 11.3 Å². The Bertz CT molecular complexity index is 435. The number of rotatable bonds is 2. The van der Waals surface area contributed by atoms with E-state index in [9.17, 15) is 0 Å². The third kappa shape index (κ3) is 1.89. The van der Waals surface area contributed by atoms with Crippen LogP contribution < -0.4 is 5.73 Å². The number of furan rings is 1. The molecule has 0 radical (unpaired) electrons. The van der Waals surface area contributed by atoms with E-state index in [-0.39, 0.29) is 6.04 Å². The zero-order chi connectivity index (χ0) is 10.1. The maximum Gasteiger partial charge on any atom is 0.170 e. The Balaban J connectivity index is 2.33. The Hall–Kier alpha value is -0.650. The van der Waals surface area contributed by atoms with Crippen molar-refractivity contribution in [2.75, 3.05) is 0 Å². The van der Waals surface area contributed by atoms with Crippen LogP contribution in [-0.4, -0.2) is 4.98 Å². The molecule has 5 heteroatoms. The first kappa shape index (κ1) is 9.89. The van der Waals surface area contributed by atoms with Crippen molar-refractivity contribution in [3.05, 3.63) is 27.9 Å². The quantitative estimate of drug-likeness (QED) is 0.914. The fraction of sp³-hybridized carbons (Fsp3) is 0.222. The van der Waals surface area contributed by atoms with Crippen LogP contribution in [0.15, 0.2) is 26.6 Å². The molecule has 2 aromatic rings. The Morgan fingerprint density at radius 3 is 2.86 bits per heavy atom. The molecule has 1 unspecified atom stereocenters. The number of aromatic nitrogens is 1. The number of nitrogens with zero attached hydrogens (tertiary/aromatic N) is 1. The summed E-state index contributed by atoms with van der Waals surface area (Å²) in [5, 5.41) is 2.82. The molecule has 2 rings (SSSR count). The standard InChI is InChI=1S/C9H9BrN2OS/c1-5(11)6-4-14-9(12-6)7-2-3-8(10)13-7/h2-5H,11H2,1H3. The van der Waals surface area contributed by atoms with Crippen LogP contribution in [0.4, 0.5) is 0 Å². The molecule has 0 bridgehead atoms. The van der Waals surface area contributed by atoms with Crippen molar-refractivity contribution in [1.82, 2.24) is 4.98 Å². The summed E-state index contributed by atoms with van der Waals surface area (Å²) in [5.41, 5.74) is 6.62. The highest BCUT2D eigenvalue weighted by Gasteiger charge is 2.10. The summed E-state index contributed by atoms with van der Waals surface area (Å²) in [6.07, 6.45) is 0. The Labute approximate surface area is 94.1 Å². The van der Waals surface area contributed by atoms with Crippen molar-refractivity contribution in [3.8, 4) is 10.8 Å². The lowest BCUT2D eigenvalue weighted by atomic mass is 10.3. The fourth-order valence-electron chi connectivity index (χ4n) is 1.04. The number of hydrogen-bond acceptors (Lipinski definition) is 4. The normalized spacial score (nSPS) is 13.1. The molecule has 0 aliphatic heterocycles. The Morgan fingerprint density at radius 1 is 1.57 bits per heavy atom. The van der Waals surface area contributed by atoms with Crippen molar-refractivity contribution in [2.24, 2.45) is 5.73 Å². The third-order valence-electron chi connectivity index (χ3n) is 1.77. The summed E-state index contributed by atoms with van der Waals surface area (Å²) in [5.74, 6) is 0.772. The smallest absolute Gasteiger partial charge is 0.170 e. The molecule has 2 aromatic heterocycles. The molecule has 0 saturated heterocycles. The van der Waals surface area contributed by atoms with Gasteiger partial charge in [-0.25, -0.2) is 4.98 Å². The van der Waals surface area contributed by atoms with Crippen LogP contribution >= 0.6 is 27.3 Å². The first-order valence-electron chi connectivity index (χ1n) is 4.13. The van der Waals surface area contributed by atoms with Gasteiger partial charge in [0, 0.05) is 11.4 Å². The van der Waals surface area contributed by atoms with Crippen LogP contribution in [0.3, 0.4) is 0 Å². The van der Waals surface area contributed by atoms with Gasteiger partial charge in [-0.05, 0) is 35.0 Å². The van der Waals surface area contributed by atoms with E-state index in [0.29, 0.717) is 4.67 Å². The van der Waals surface area contributed by atoms with Gasteiger partial charge in [0.15, 0.2) is 15.4 Å². The molecule has 2 N–H and O–H groups in total. The van der Waals surface area contributed by atoms with Gasteiger partial charge in [0.25, 0.3) is 0 Å². The lowest BCUT2D eigenvalue weighted by molar-refractivity contribution is 0.555. The van der Waals surface area contributed by atoms with Gasteiger partial charge >= 0.3 is 0 Å². The Kier molecular flexibility index (Phi) is 2.71. The second kappa shape index (κ2) is 3.84. The minimum Gasteiger partial charge on any atom is -0.447 e. The summed E-state index contributed by atoms with van der Waals surface area (Å²) in [6, 6.07) is 3.70. The molecule has 0 aliphatic carbocycles. The van der Waals surface area contributed by atoms with Gasteiger partial charge < -0.3 is 10.2 Å².